The van der Waals surface area contributed by atoms with Crippen molar-refractivity contribution in [2.75, 3.05) is 13.1 Å². The first kappa shape index (κ1) is 15.5. The Hall–Kier alpha value is -1.84. The van der Waals surface area contributed by atoms with E-state index in [2.05, 4.69) is 24.4 Å². The largest absolute Gasteiger partial charge is 0.342 e. The molecule has 0 radical (unpaired) electrons. The number of carbonyl (C=O) groups excluding carboxylic acids is 2. The zero-order valence-electron chi connectivity index (χ0n) is 13.0. The van der Waals surface area contributed by atoms with Gasteiger partial charge in [-0.25, -0.2) is 0 Å². The van der Waals surface area contributed by atoms with Gasteiger partial charge in [0.25, 0.3) is 0 Å². The van der Waals surface area contributed by atoms with Crippen LogP contribution in [0.1, 0.15) is 38.7 Å². The summed E-state index contributed by atoms with van der Waals surface area (Å²) in [5, 5.41) is 2.83. The van der Waals surface area contributed by atoms with Gasteiger partial charge in [-0.1, -0.05) is 57.5 Å². The van der Waals surface area contributed by atoms with Crippen LogP contribution in [0.2, 0.25) is 0 Å². The monoisotopic (exact) mass is 288 g/mol. The number of amides is 2. The molecule has 3 unspecified atom stereocenters. The van der Waals surface area contributed by atoms with Crippen molar-refractivity contribution in [2.45, 2.75) is 39.2 Å². The summed E-state index contributed by atoms with van der Waals surface area (Å²) in [6.45, 7) is 6.89. The minimum atomic E-state index is -0.376. The Bertz CT molecular complexity index is 501. The number of piperazine rings is 1. The van der Waals surface area contributed by atoms with E-state index in [4.69, 9.17) is 0 Å². The first-order chi connectivity index (χ1) is 10.0. The fourth-order valence-electron chi connectivity index (χ4n) is 2.72. The number of hydrogen-bond acceptors (Lipinski definition) is 2. The predicted molar refractivity (Wildman–Crippen MR) is 82.8 cm³/mol. The topological polar surface area (TPSA) is 49.4 Å². The molecule has 4 heteroatoms. The second kappa shape index (κ2) is 6.74. The van der Waals surface area contributed by atoms with E-state index < -0.39 is 0 Å². The number of benzene rings is 1. The lowest BCUT2D eigenvalue weighted by atomic mass is 9.94. The number of nitrogens with one attached hydrogen (secondary N) is 1. The molecule has 21 heavy (non-hydrogen) atoms. The lowest BCUT2D eigenvalue weighted by Crippen LogP contribution is -2.60. The molecule has 1 N–H and O–H groups in total. The van der Waals surface area contributed by atoms with E-state index >= 15 is 0 Å². The van der Waals surface area contributed by atoms with E-state index in [0.717, 1.165) is 6.42 Å². The van der Waals surface area contributed by atoms with Crippen molar-refractivity contribution < 1.29 is 9.59 Å². The third kappa shape index (κ3) is 3.63. The summed E-state index contributed by atoms with van der Waals surface area (Å²) < 4.78 is 0. The van der Waals surface area contributed by atoms with Gasteiger partial charge in [0.1, 0.15) is 6.04 Å². The van der Waals surface area contributed by atoms with Crippen molar-refractivity contribution in [1.82, 2.24) is 10.2 Å². The molecule has 0 aliphatic carbocycles. The van der Waals surface area contributed by atoms with Gasteiger partial charge in [-0.2, -0.15) is 0 Å². The van der Waals surface area contributed by atoms with Gasteiger partial charge < -0.3 is 10.2 Å². The number of rotatable bonds is 5. The highest BCUT2D eigenvalue weighted by atomic mass is 16.2. The molecule has 0 bridgehead atoms. The lowest BCUT2D eigenvalue weighted by Gasteiger charge is -2.36. The number of nitrogens with zero attached hydrogens (tertiary/aromatic N) is 1. The molecule has 1 fully saturated rings. The standard InChI is InChI=1S/C17H24N2O2/c1-4-12(2)16-17(21)19(11-15(20)18-16)10-13(3)14-8-6-5-7-9-14/h5-9,12-13,16H,4,10-11H2,1-3H3,(H,18,20). The molecule has 1 aliphatic rings. The van der Waals surface area contributed by atoms with Crippen LogP contribution in [0.4, 0.5) is 0 Å². The summed E-state index contributed by atoms with van der Waals surface area (Å²) in [6, 6.07) is 9.72. The van der Waals surface area contributed by atoms with Crippen molar-refractivity contribution in [3.8, 4) is 0 Å². The highest BCUT2D eigenvalue weighted by molar-refractivity contribution is 5.95. The van der Waals surface area contributed by atoms with Crippen LogP contribution in [-0.2, 0) is 9.59 Å². The molecule has 1 aromatic rings. The quantitative estimate of drug-likeness (QED) is 0.902. The van der Waals surface area contributed by atoms with E-state index in [-0.39, 0.29) is 36.2 Å². The molecule has 1 aliphatic heterocycles. The molecular formula is C17H24N2O2. The molecule has 114 valence electrons. The first-order valence-corrected chi connectivity index (χ1v) is 7.66. The van der Waals surface area contributed by atoms with Crippen LogP contribution in [0.3, 0.4) is 0 Å². The Kier molecular flexibility index (Phi) is 4.99. The van der Waals surface area contributed by atoms with Crippen LogP contribution in [0, 0.1) is 5.92 Å². The minimum absolute atomic E-state index is 0.0479. The molecule has 4 nitrogen and oxygen atoms in total. The average molecular weight is 288 g/mol. The molecule has 0 saturated carbocycles. The second-order valence-corrected chi connectivity index (χ2v) is 5.96. The predicted octanol–water partition coefficient (Wildman–Crippen LogP) is 2.16. The lowest BCUT2D eigenvalue weighted by molar-refractivity contribution is -0.145. The van der Waals surface area contributed by atoms with Crippen LogP contribution in [0.15, 0.2) is 30.3 Å². The Balaban J connectivity index is 2.08. The summed E-state index contributed by atoms with van der Waals surface area (Å²) >= 11 is 0. The summed E-state index contributed by atoms with van der Waals surface area (Å²) in [4.78, 5) is 26.1. The van der Waals surface area contributed by atoms with Gasteiger partial charge in [0.05, 0.1) is 6.54 Å². The van der Waals surface area contributed by atoms with E-state index in [1.54, 1.807) is 4.90 Å². The van der Waals surface area contributed by atoms with Crippen LogP contribution >= 0.6 is 0 Å². The SMILES string of the molecule is CCC(C)C1NC(=O)CN(CC(C)c2ccccc2)C1=O. The maximum absolute atomic E-state index is 12.5. The molecule has 3 atom stereocenters. The zero-order chi connectivity index (χ0) is 15.4. The van der Waals surface area contributed by atoms with Crippen LogP contribution < -0.4 is 5.32 Å². The van der Waals surface area contributed by atoms with Gasteiger partial charge in [-0.3, -0.25) is 9.59 Å². The maximum Gasteiger partial charge on any atom is 0.245 e. The van der Waals surface area contributed by atoms with Gasteiger partial charge in [-0.05, 0) is 17.4 Å². The maximum atomic E-state index is 12.5. The van der Waals surface area contributed by atoms with Crippen LogP contribution in [0.5, 0.6) is 0 Å². The number of carbonyl (C=O) groups is 2. The average Bonchev–Trinajstić information content (AvgIpc) is 2.50. The van der Waals surface area contributed by atoms with E-state index in [0.29, 0.717) is 6.54 Å². The Morgan fingerprint density at radius 1 is 1.24 bits per heavy atom. The Morgan fingerprint density at radius 2 is 1.90 bits per heavy atom. The highest BCUT2D eigenvalue weighted by Crippen LogP contribution is 2.20. The molecule has 2 amide bonds. The van der Waals surface area contributed by atoms with Crippen molar-refractivity contribution in [3.63, 3.8) is 0 Å². The van der Waals surface area contributed by atoms with Gasteiger partial charge in [0.15, 0.2) is 0 Å². The second-order valence-electron chi connectivity index (χ2n) is 5.96. The molecule has 2 rings (SSSR count). The van der Waals surface area contributed by atoms with Crippen molar-refractivity contribution in [3.05, 3.63) is 35.9 Å². The van der Waals surface area contributed by atoms with Crippen LogP contribution in [-0.4, -0.2) is 35.8 Å². The van der Waals surface area contributed by atoms with Crippen LogP contribution in [0.25, 0.3) is 0 Å². The fraction of sp³-hybridized carbons (Fsp3) is 0.529. The molecule has 1 heterocycles. The van der Waals surface area contributed by atoms with Gasteiger partial charge in [-0.15, -0.1) is 0 Å². The van der Waals surface area contributed by atoms with E-state index in [1.165, 1.54) is 5.56 Å². The summed E-state index contributed by atoms with van der Waals surface area (Å²) in [7, 11) is 0. The van der Waals surface area contributed by atoms with E-state index in [9.17, 15) is 9.59 Å². The van der Waals surface area contributed by atoms with Gasteiger partial charge >= 0.3 is 0 Å². The molecular weight excluding hydrogens is 264 g/mol. The summed E-state index contributed by atoms with van der Waals surface area (Å²) in [6.07, 6.45) is 0.874. The first-order valence-electron chi connectivity index (χ1n) is 7.66. The summed E-state index contributed by atoms with van der Waals surface area (Å²) in [5.74, 6) is 0.377. The van der Waals surface area contributed by atoms with Crippen molar-refractivity contribution in [1.29, 1.82) is 0 Å². The molecule has 1 saturated heterocycles. The number of hydrogen-bond donors (Lipinski definition) is 1. The Labute approximate surface area is 126 Å². The van der Waals surface area contributed by atoms with Gasteiger partial charge in [0.2, 0.25) is 11.8 Å². The van der Waals surface area contributed by atoms with Gasteiger partial charge in [0, 0.05) is 6.54 Å². The highest BCUT2D eigenvalue weighted by Gasteiger charge is 2.35. The minimum Gasteiger partial charge on any atom is -0.342 e. The fourth-order valence-corrected chi connectivity index (χ4v) is 2.72. The Morgan fingerprint density at radius 3 is 2.52 bits per heavy atom. The summed E-state index contributed by atoms with van der Waals surface area (Å²) in [5.41, 5.74) is 1.19. The smallest absolute Gasteiger partial charge is 0.245 e. The molecule has 0 aromatic heterocycles. The van der Waals surface area contributed by atoms with Crippen molar-refractivity contribution in [2.24, 2.45) is 5.92 Å². The normalized spacial score (nSPS) is 21.9. The van der Waals surface area contributed by atoms with E-state index in [1.807, 2.05) is 32.0 Å². The van der Waals surface area contributed by atoms with Crippen molar-refractivity contribution >= 4 is 11.8 Å². The third-order valence-electron chi connectivity index (χ3n) is 4.30. The molecule has 0 spiro atoms. The molecule has 1 aromatic carbocycles. The zero-order valence-corrected chi connectivity index (χ0v) is 13.0. The third-order valence-corrected chi connectivity index (χ3v) is 4.30.